The third-order valence-electron chi connectivity index (χ3n) is 4.16. The van der Waals surface area contributed by atoms with Gasteiger partial charge in [-0.25, -0.2) is 0 Å². The highest BCUT2D eigenvalue weighted by atomic mass is 32.1. The fraction of sp³-hybridized carbons (Fsp3) is 0.778. The third-order valence-corrected chi connectivity index (χ3v) is 5.16. The molecule has 7 heteroatoms. The molecule has 0 radical (unpaired) electrons. The number of nitrogens with zero attached hydrogens (tertiary/aromatic N) is 3. The van der Waals surface area contributed by atoms with Crippen molar-refractivity contribution in [2.75, 3.05) is 18.4 Å². The number of hydrogen-bond donors (Lipinski definition) is 1. The molecule has 0 aliphatic heterocycles. The van der Waals surface area contributed by atoms with Crippen LogP contribution in [0.1, 0.15) is 83.6 Å². The Kier molecular flexibility index (Phi) is 10.3. The minimum Gasteiger partial charge on any atom is -0.343 e. The van der Waals surface area contributed by atoms with Crippen molar-refractivity contribution in [1.82, 2.24) is 15.1 Å². The number of aromatic nitrogens is 2. The van der Waals surface area contributed by atoms with Crippen molar-refractivity contribution >= 4 is 28.3 Å². The molecule has 6 nitrogen and oxygen atoms in total. The van der Waals surface area contributed by atoms with Crippen molar-refractivity contribution in [3.63, 3.8) is 0 Å². The van der Waals surface area contributed by atoms with Crippen LogP contribution in [0, 0.1) is 0 Å². The summed E-state index contributed by atoms with van der Waals surface area (Å²) in [6, 6.07) is 0. The molecule has 1 heterocycles. The molecule has 0 aliphatic rings. The first kappa shape index (κ1) is 21.5. The Balaban J connectivity index is 2.38. The first-order chi connectivity index (χ1) is 12.0. The van der Waals surface area contributed by atoms with E-state index in [-0.39, 0.29) is 11.8 Å². The number of anilines is 1. The first-order valence-electron chi connectivity index (χ1n) is 9.46. The van der Waals surface area contributed by atoms with E-state index in [2.05, 4.69) is 43.2 Å². The van der Waals surface area contributed by atoms with Crippen LogP contribution < -0.4 is 5.32 Å². The highest BCUT2D eigenvalue weighted by Gasteiger charge is 2.15. The molecule has 0 saturated heterocycles. The van der Waals surface area contributed by atoms with E-state index in [4.69, 9.17) is 0 Å². The summed E-state index contributed by atoms with van der Waals surface area (Å²) in [5, 5.41) is 12.6. The minimum absolute atomic E-state index is 0.0995. The third kappa shape index (κ3) is 7.50. The van der Waals surface area contributed by atoms with Gasteiger partial charge in [0.1, 0.15) is 5.01 Å². The van der Waals surface area contributed by atoms with Crippen LogP contribution >= 0.6 is 11.3 Å². The molecule has 25 heavy (non-hydrogen) atoms. The molecule has 0 aromatic carbocycles. The Bertz CT molecular complexity index is 523. The maximum Gasteiger partial charge on any atom is 0.226 e. The van der Waals surface area contributed by atoms with Crippen molar-refractivity contribution in [2.24, 2.45) is 0 Å². The summed E-state index contributed by atoms with van der Waals surface area (Å²) >= 11 is 1.45. The van der Waals surface area contributed by atoms with Crippen LogP contribution in [0.15, 0.2) is 0 Å². The quantitative estimate of drug-likeness (QED) is 0.600. The van der Waals surface area contributed by atoms with Gasteiger partial charge in [0.25, 0.3) is 0 Å². The number of rotatable bonds is 12. The molecule has 0 atom stereocenters. The molecule has 1 N–H and O–H groups in total. The van der Waals surface area contributed by atoms with Gasteiger partial charge < -0.3 is 10.2 Å². The zero-order chi connectivity index (χ0) is 18.7. The number of carbonyl (C=O) groups is 2. The predicted molar refractivity (Wildman–Crippen MR) is 103 cm³/mol. The standard InChI is InChI=1S/C18H32N4O2S/c1-5-12-22(13-6-2)16(24)11-9-10-15(23)19-18-21-20-17(25-18)14(7-3)8-4/h14H,5-13H2,1-4H3,(H,19,21,23). The predicted octanol–water partition coefficient (Wildman–Crippen LogP) is 4.20. The van der Waals surface area contributed by atoms with E-state index in [1.807, 2.05) is 4.90 Å². The molecule has 1 rings (SSSR count). The normalized spacial score (nSPS) is 10.9. The summed E-state index contributed by atoms with van der Waals surface area (Å²) in [7, 11) is 0. The molecule has 1 aromatic rings. The summed E-state index contributed by atoms with van der Waals surface area (Å²) in [5.74, 6) is 0.449. The van der Waals surface area contributed by atoms with Gasteiger partial charge in [0.2, 0.25) is 16.9 Å². The van der Waals surface area contributed by atoms with Gasteiger partial charge in [-0.2, -0.15) is 0 Å². The lowest BCUT2D eigenvalue weighted by atomic mass is 10.1. The van der Waals surface area contributed by atoms with Crippen molar-refractivity contribution in [3.05, 3.63) is 5.01 Å². The molecule has 142 valence electrons. The second-order valence-electron chi connectivity index (χ2n) is 6.24. The molecular formula is C18H32N4O2S. The van der Waals surface area contributed by atoms with E-state index in [0.29, 0.717) is 30.3 Å². The van der Waals surface area contributed by atoms with Crippen molar-refractivity contribution in [2.45, 2.75) is 78.6 Å². The first-order valence-corrected chi connectivity index (χ1v) is 10.3. The number of carbonyl (C=O) groups excluding carboxylic acids is 2. The smallest absolute Gasteiger partial charge is 0.226 e. The van der Waals surface area contributed by atoms with Crippen LogP contribution in [-0.2, 0) is 9.59 Å². The van der Waals surface area contributed by atoms with Crippen LogP contribution in [0.25, 0.3) is 0 Å². The zero-order valence-electron chi connectivity index (χ0n) is 16.0. The molecule has 0 fully saturated rings. The monoisotopic (exact) mass is 368 g/mol. The van der Waals surface area contributed by atoms with Gasteiger partial charge in [-0.1, -0.05) is 39.0 Å². The molecule has 0 saturated carbocycles. The van der Waals surface area contributed by atoms with Crippen LogP contribution in [0.5, 0.6) is 0 Å². The topological polar surface area (TPSA) is 75.2 Å². The number of hydrogen-bond acceptors (Lipinski definition) is 5. The van der Waals surface area contributed by atoms with Crippen LogP contribution in [0.3, 0.4) is 0 Å². The molecule has 1 aromatic heterocycles. The van der Waals surface area contributed by atoms with Crippen molar-refractivity contribution in [3.8, 4) is 0 Å². The summed E-state index contributed by atoms with van der Waals surface area (Å²) in [6.45, 7) is 9.99. The van der Waals surface area contributed by atoms with E-state index in [1.165, 1.54) is 11.3 Å². The Morgan fingerprint density at radius 2 is 1.68 bits per heavy atom. The van der Waals surface area contributed by atoms with Gasteiger partial charge >= 0.3 is 0 Å². The molecule has 0 unspecified atom stereocenters. The lowest BCUT2D eigenvalue weighted by Gasteiger charge is -2.21. The second kappa shape index (κ2) is 12.0. The van der Waals surface area contributed by atoms with Gasteiger partial charge in [-0.3, -0.25) is 9.59 Å². The van der Waals surface area contributed by atoms with E-state index in [9.17, 15) is 9.59 Å². The largest absolute Gasteiger partial charge is 0.343 e. The summed E-state index contributed by atoms with van der Waals surface area (Å²) in [5.41, 5.74) is 0. The molecule has 0 aliphatic carbocycles. The Morgan fingerprint density at radius 1 is 1.04 bits per heavy atom. The molecule has 2 amide bonds. The van der Waals surface area contributed by atoms with Crippen molar-refractivity contribution in [1.29, 1.82) is 0 Å². The molecular weight excluding hydrogens is 336 g/mol. The fourth-order valence-corrected chi connectivity index (χ4v) is 3.76. The zero-order valence-corrected chi connectivity index (χ0v) is 16.8. The van der Waals surface area contributed by atoms with E-state index < -0.39 is 0 Å². The highest BCUT2D eigenvalue weighted by molar-refractivity contribution is 7.15. The minimum atomic E-state index is -0.0995. The number of amides is 2. The van der Waals surface area contributed by atoms with E-state index >= 15 is 0 Å². The SMILES string of the molecule is CCCN(CCC)C(=O)CCCC(=O)Nc1nnc(C(CC)CC)s1. The molecule has 0 spiro atoms. The average Bonchev–Trinajstić information content (AvgIpc) is 3.04. The summed E-state index contributed by atoms with van der Waals surface area (Å²) in [6.07, 6.45) is 5.28. The molecule has 0 bridgehead atoms. The summed E-state index contributed by atoms with van der Waals surface area (Å²) in [4.78, 5) is 26.1. The van der Waals surface area contributed by atoms with Gasteiger partial charge in [0, 0.05) is 31.8 Å². The highest BCUT2D eigenvalue weighted by Crippen LogP contribution is 2.28. The average molecular weight is 369 g/mol. The van der Waals surface area contributed by atoms with E-state index in [1.54, 1.807) is 0 Å². The lowest BCUT2D eigenvalue weighted by Crippen LogP contribution is -2.32. The van der Waals surface area contributed by atoms with Crippen LogP contribution in [0.2, 0.25) is 0 Å². The van der Waals surface area contributed by atoms with Gasteiger partial charge in [0.15, 0.2) is 0 Å². The second-order valence-corrected chi connectivity index (χ2v) is 7.25. The maximum absolute atomic E-state index is 12.2. The van der Waals surface area contributed by atoms with E-state index in [0.717, 1.165) is 43.8 Å². The van der Waals surface area contributed by atoms with Crippen molar-refractivity contribution < 1.29 is 9.59 Å². The Labute approximate surface area is 155 Å². The Hall–Kier alpha value is -1.50. The fourth-order valence-electron chi connectivity index (χ4n) is 2.73. The van der Waals surface area contributed by atoms with Gasteiger partial charge in [-0.15, -0.1) is 10.2 Å². The van der Waals surface area contributed by atoms with Crippen LogP contribution in [0.4, 0.5) is 5.13 Å². The lowest BCUT2D eigenvalue weighted by molar-refractivity contribution is -0.131. The maximum atomic E-state index is 12.2. The van der Waals surface area contributed by atoms with Crippen LogP contribution in [-0.4, -0.2) is 40.0 Å². The van der Waals surface area contributed by atoms with Gasteiger partial charge in [0.05, 0.1) is 0 Å². The number of nitrogens with one attached hydrogen (secondary N) is 1. The Morgan fingerprint density at radius 3 is 2.24 bits per heavy atom. The summed E-state index contributed by atoms with van der Waals surface area (Å²) < 4.78 is 0. The van der Waals surface area contributed by atoms with Gasteiger partial charge in [-0.05, 0) is 32.1 Å².